The molecule has 4 rings (SSSR count). The number of hydrogen-bond donors (Lipinski definition) is 3. The van der Waals surface area contributed by atoms with Gasteiger partial charge in [0.05, 0.1) is 31.5 Å². The van der Waals surface area contributed by atoms with Gasteiger partial charge in [0.25, 0.3) is 5.91 Å². The number of methoxy groups -OCH3 is 2. The summed E-state index contributed by atoms with van der Waals surface area (Å²) in [6, 6.07) is 22.0. The molecule has 0 radical (unpaired) electrons. The minimum atomic E-state index is -0.289. The number of likely N-dealkylation sites (tertiary alicyclic amines) is 1. The van der Waals surface area contributed by atoms with Gasteiger partial charge in [0.1, 0.15) is 11.5 Å². The third kappa shape index (κ3) is 10.4. The molecule has 0 unspecified atom stereocenters. The fourth-order valence-electron chi connectivity index (χ4n) is 6.14. The van der Waals surface area contributed by atoms with Crippen molar-refractivity contribution in [3.8, 4) is 11.5 Å². The SMILES string of the molecule is CCCCCCCNC(=O)Nc1ccc(N(C)C)cc1C(=O)NCC1CCN(C(c2ccc(OC)cc2)c2ccc(OC)cc2)CC1. The van der Waals surface area contributed by atoms with Crippen molar-refractivity contribution < 1.29 is 19.1 Å². The van der Waals surface area contributed by atoms with Crippen LogP contribution >= 0.6 is 0 Å². The van der Waals surface area contributed by atoms with Gasteiger partial charge in [-0.05, 0) is 91.9 Å². The number of amides is 3. The molecule has 1 heterocycles. The summed E-state index contributed by atoms with van der Waals surface area (Å²) in [5.41, 5.74) is 4.29. The first-order valence-electron chi connectivity index (χ1n) is 17.0. The lowest BCUT2D eigenvalue weighted by atomic mass is 9.91. The van der Waals surface area contributed by atoms with Crippen molar-refractivity contribution in [1.82, 2.24) is 15.5 Å². The van der Waals surface area contributed by atoms with Gasteiger partial charge in [0.15, 0.2) is 0 Å². The second kappa shape index (κ2) is 18.2. The molecule has 0 atom stereocenters. The minimum absolute atomic E-state index is 0.104. The second-order valence-corrected chi connectivity index (χ2v) is 12.6. The Kier molecular flexibility index (Phi) is 13.8. The van der Waals surface area contributed by atoms with E-state index in [0.717, 1.165) is 56.0 Å². The van der Waals surface area contributed by atoms with Crippen LogP contribution < -0.4 is 30.3 Å². The van der Waals surface area contributed by atoms with Gasteiger partial charge in [0, 0.05) is 32.9 Å². The first-order chi connectivity index (χ1) is 22.8. The van der Waals surface area contributed by atoms with Crippen LogP contribution in [0, 0.1) is 5.92 Å². The van der Waals surface area contributed by atoms with Crippen molar-refractivity contribution in [2.45, 2.75) is 57.9 Å². The number of carbonyl (C=O) groups is 2. The smallest absolute Gasteiger partial charge is 0.319 e. The molecule has 3 N–H and O–H groups in total. The van der Waals surface area contributed by atoms with Gasteiger partial charge < -0.3 is 30.3 Å². The quantitative estimate of drug-likeness (QED) is 0.144. The Labute approximate surface area is 281 Å². The minimum Gasteiger partial charge on any atom is -0.497 e. The molecule has 1 aliphatic heterocycles. The molecule has 1 aliphatic rings. The van der Waals surface area contributed by atoms with Crippen LogP contribution in [0.5, 0.6) is 11.5 Å². The largest absolute Gasteiger partial charge is 0.497 e. The van der Waals surface area contributed by atoms with Crippen LogP contribution in [0.1, 0.15) is 79.4 Å². The van der Waals surface area contributed by atoms with Crippen LogP contribution in [-0.4, -0.2) is 71.3 Å². The molecule has 3 aromatic rings. The number of nitrogens with zero attached hydrogens (tertiary/aromatic N) is 2. The molecule has 1 fully saturated rings. The van der Waals surface area contributed by atoms with E-state index >= 15 is 0 Å². The van der Waals surface area contributed by atoms with Crippen molar-refractivity contribution in [2.75, 3.05) is 64.7 Å². The fourth-order valence-corrected chi connectivity index (χ4v) is 6.14. The number of nitrogens with one attached hydrogen (secondary N) is 3. The highest BCUT2D eigenvalue weighted by atomic mass is 16.5. The Morgan fingerprint density at radius 3 is 1.98 bits per heavy atom. The molecule has 3 amide bonds. The number of ether oxygens (including phenoxy) is 2. The third-order valence-electron chi connectivity index (χ3n) is 9.01. The number of piperidine rings is 1. The molecule has 1 saturated heterocycles. The molecular weight excluding hydrogens is 590 g/mol. The number of hydrogen-bond acceptors (Lipinski definition) is 6. The molecule has 254 valence electrons. The summed E-state index contributed by atoms with van der Waals surface area (Å²) in [5, 5.41) is 9.02. The number of unbranched alkanes of at least 4 members (excludes halogenated alkanes) is 4. The van der Waals surface area contributed by atoms with E-state index in [0.29, 0.717) is 30.3 Å². The highest BCUT2D eigenvalue weighted by molar-refractivity contribution is 6.04. The molecule has 0 aromatic heterocycles. The van der Waals surface area contributed by atoms with Gasteiger partial charge >= 0.3 is 6.03 Å². The third-order valence-corrected chi connectivity index (χ3v) is 9.01. The van der Waals surface area contributed by atoms with Crippen molar-refractivity contribution in [3.63, 3.8) is 0 Å². The first kappa shape index (κ1) is 35.6. The molecule has 3 aromatic carbocycles. The average molecular weight is 644 g/mol. The molecule has 9 nitrogen and oxygen atoms in total. The molecule has 9 heteroatoms. The van der Waals surface area contributed by atoms with Crippen LogP contribution in [0.2, 0.25) is 0 Å². The van der Waals surface area contributed by atoms with Gasteiger partial charge in [-0.2, -0.15) is 0 Å². The zero-order valence-electron chi connectivity index (χ0n) is 28.8. The molecule has 0 spiro atoms. The van der Waals surface area contributed by atoms with E-state index in [1.807, 2.05) is 61.5 Å². The second-order valence-electron chi connectivity index (χ2n) is 12.6. The lowest BCUT2D eigenvalue weighted by molar-refractivity contribution is 0.0931. The number of benzene rings is 3. The van der Waals surface area contributed by atoms with E-state index < -0.39 is 0 Å². The van der Waals surface area contributed by atoms with Crippen LogP contribution in [0.4, 0.5) is 16.2 Å². The maximum absolute atomic E-state index is 13.5. The Bertz CT molecular complexity index is 1360. The van der Waals surface area contributed by atoms with Gasteiger partial charge in [-0.3, -0.25) is 9.69 Å². The molecule has 0 aliphatic carbocycles. The lowest BCUT2D eigenvalue weighted by Crippen LogP contribution is -2.41. The predicted octanol–water partition coefficient (Wildman–Crippen LogP) is 7.09. The van der Waals surface area contributed by atoms with Crippen LogP contribution in [0.25, 0.3) is 0 Å². The summed E-state index contributed by atoms with van der Waals surface area (Å²) in [4.78, 5) is 30.7. The average Bonchev–Trinajstić information content (AvgIpc) is 3.10. The Balaban J connectivity index is 1.37. The standard InChI is InChI=1S/C38H53N5O4/c1-6-7-8-9-10-23-39-38(45)41-35-20-15-31(42(2)3)26-34(35)37(44)40-27-28-21-24-43(25-22-28)36(29-11-16-32(46-4)17-12-29)30-13-18-33(47-5)19-14-30/h11-20,26,28,36H,6-10,21-25,27H2,1-5H3,(H,40,44)(H2,39,41,45). The van der Waals surface area contributed by atoms with Crippen molar-refractivity contribution in [1.29, 1.82) is 0 Å². The van der Waals surface area contributed by atoms with Crippen molar-refractivity contribution in [2.24, 2.45) is 5.92 Å². The van der Waals surface area contributed by atoms with E-state index in [2.05, 4.69) is 52.0 Å². The first-order valence-corrected chi connectivity index (χ1v) is 17.0. The van der Waals surface area contributed by atoms with Crippen molar-refractivity contribution in [3.05, 3.63) is 83.4 Å². The highest BCUT2D eigenvalue weighted by Crippen LogP contribution is 2.34. The monoisotopic (exact) mass is 643 g/mol. The van der Waals surface area contributed by atoms with Crippen LogP contribution in [0.15, 0.2) is 66.7 Å². The van der Waals surface area contributed by atoms with E-state index in [1.54, 1.807) is 14.2 Å². The van der Waals surface area contributed by atoms with E-state index in [1.165, 1.54) is 30.4 Å². The Morgan fingerprint density at radius 1 is 0.830 bits per heavy atom. The number of rotatable bonds is 16. The summed E-state index contributed by atoms with van der Waals surface area (Å²) in [6.45, 7) is 5.20. The van der Waals surface area contributed by atoms with Gasteiger partial charge in [-0.15, -0.1) is 0 Å². The molecule has 47 heavy (non-hydrogen) atoms. The van der Waals surface area contributed by atoms with Gasteiger partial charge in [-0.1, -0.05) is 56.9 Å². The zero-order valence-corrected chi connectivity index (χ0v) is 28.8. The van der Waals surface area contributed by atoms with E-state index in [4.69, 9.17) is 9.47 Å². The predicted molar refractivity (Wildman–Crippen MR) is 191 cm³/mol. The van der Waals surface area contributed by atoms with Crippen LogP contribution in [0.3, 0.4) is 0 Å². The van der Waals surface area contributed by atoms with Crippen molar-refractivity contribution >= 4 is 23.3 Å². The zero-order chi connectivity index (χ0) is 33.6. The molecule has 0 saturated carbocycles. The van der Waals surface area contributed by atoms with Crippen LogP contribution in [-0.2, 0) is 0 Å². The number of urea groups is 1. The van der Waals surface area contributed by atoms with Gasteiger partial charge in [-0.25, -0.2) is 4.79 Å². The highest BCUT2D eigenvalue weighted by Gasteiger charge is 2.28. The maximum Gasteiger partial charge on any atom is 0.319 e. The summed E-state index contributed by atoms with van der Waals surface area (Å²) < 4.78 is 10.8. The molecule has 0 bridgehead atoms. The molecular formula is C38H53N5O4. The number of carbonyl (C=O) groups excluding carboxylic acids is 2. The Hall–Kier alpha value is -4.24. The maximum atomic E-state index is 13.5. The number of anilines is 2. The summed E-state index contributed by atoms with van der Waals surface area (Å²) in [5.74, 6) is 1.85. The summed E-state index contributed by atoms with van der Waals surface area (Å²) in [6.07, 6.45) is 7.56. The van der Waals surface area contributed by atoms with E-state index in [9.17, 15) is 9.59 Å². The van der Waals surface area contributed by atoms with Gasteiger partial charge in [0.2, 0.25) is 0 Å². The summed E-state index contributed by atoms with van der Waals surface area (Å²) >= 11 is 0. The summed E-state index contributed by atoms with van der Waals surface area (Å²) in [7, 11) is 7.25. The van der Waals surface area contributed by atoms with E-state index in [-0.39, 0.29) is 18.0 Å². The topological polar surface area (TPSA) is 95.2 Å². The lowest BCUT2D eigenvalue weighted by Gasteiger charge is -2.38. The normalized spacial score (nSPS) is 13.7. The fraction of sp³-hybridized carbons (Fsp3) is 0.474. The Morgan fingerprint density at radius 2 is 1.43 bits per heavy atom.